The number of nitrogens with two attached hydrogens (primary N) is 2. The fourth-order valence-electron chi connectivity index (χ4n) is 3.22. The first-order valence-corrected chi connectivity index (χ1v) is 14.8. The van der Waals surface area contributed by atoms with Crippen molar-refractivity contribution in [2.75, 3.05) is 11.9 Å². The van der Waals surface area contributed by atoms with Crippen LogP contribution in [0.3, 0.4) is 0 Å². The molecule has 1 saturated heterocycles. The summed E-state index contributed by atoms with van der Waals surface area (Å²) in [5.74, 6) is -0.548. The first-order valence-electron chi connectivity index (χ1n) is 11.8. The lowest BCUT2D eigenvalue weighted by Gasteiger charge is -2.40. The summed E-state index contributed by atoms with van der Waals surface area (Å²) in [6, 6.07) is -0.585. The number of aliphatic hydroxyl groups is 1. The van der Waals surface area contributed by atoms with Crippen LogP contribution in [0.2, 0.25) is 21.0 Å². The van der Waals surface area contributed by atoms with Crippen LogP contribution in [0.4, 0.5) is 5.95 Å². The van der Waals surface area contributed by atoms with Gasteiger partial charge in [-0.15, -0.1) is 0 Å². The molecule has 1 aliphatic rings. The third-order valence-electron chi connectivity index (χ3n) is 6.29. The maximum atomic E-state index is 12.6. The highest BCUT2D eigenvalue weighted by Crippen LogP contribution is 2.41. The highest BCUT2D eigenvalue weighted by Gasteiger charge is 2.49. The van der Waals surface area contributed by atoms with E-state index in [2.05, 4.69) is 54.1 Å². The number of carbonyl (C=O) groups excluding carboxylic acids is 1. The second kappa shape index (κ2) is 11.1. The van der Waals surface area contributed by atoms with Crippen molar-refractivity contribution in [1.29, 1.82) is 0 Å². The summed E-state index contributed by atoms with van der Waals surface area (Å²) in [6.45, 7) is 13.8. The van der Waals surface area contributed by atoms with Gasteiger partial charge in [0.2, 0.25) is 11.9 Å². The number of imidazole rings is 1. The molecule has 14 heteroatoms. The molecular weight excluding hydrogens is 573 g/mol. The van der Waals surface area contributed by atoms with Gasteiger partial charge in [-0.1, -0.05) is 34.6 Å². The van der Waals surface area contributed by atoms with E-state index < -0.39 is 38.4 Å². The van der Waals surface area contributed by atoms with E-state index in [0.717, 1.165) is 0 Å². The zero-order chi connectivity index (χ0) is 27.6. The highest BCUT2D eigenvalue weighted by molar-refractivity contribution is 14.1. The Bertz CT molecular complexity index is 1110. The predicted molar refractivity (Wildman–Crippen MR) is 141 cm³/mol. The van der Waals surface area contributed by atoms with Gasteiger partial charge in [-0.25, -0.2) is 4.98 Å². The van der Waals surface area contributed by atoms with Crippen molar-refractivity contribution in [3.63, 3.8) is 0 Å². The Morgan fingerprint density at radius 1 is 1.56 bits per heavy atom. The van der Waals surface area contributed by atoms with E-state index in [9.17, 15) is 14.7 Å². The fourth-order valence-corrected chi connectivity index (χ4v) is 4.53. The van der Waals surface area contributed by atoms with Crippen molar-refractivity contribution in [3.05, 3.63) is 16.7 Å². The molecule has 192 valence electrons. The quantitative estimate of drug-likeness (QED) is 0.184. The van der Waals surface area contributed by atoms with Gasteiger partial charge in [-0.2, -0.15) is 4.98 Å². The van der Waals surface area contributed by atoms with Crippen LogP contribution in [0.25, 0.3) is 11.2 Å². The molecule has 0 aromatic carbocycles. The van der Waals surface area contributed by atoms with E-state index in [0.29, 0.717) is 3.93 Å². The number of hydrogen-bond acceptors (Lipinski definition) is 9. The lowest BCUT2D eigenvalue weighted by atomic mass is 10.1. The van der Waals surface area contributed by atoms with Crippen LogP contribution in [0.1, 0.15) is 40.8 Å². The minimum absolute atomic E-state index is 0.0193. The summed E-state index contributed by atoms with van der Waals surface area (Å²) in [4.78, 5) is 35.8. The van der Waals surface area contributed by atoms with Gasteiger partial charge < -0.3 is 20.0 Å². The van der Waals surface area contributed by atoms with Gasteiger partial charge >= 0.3 is 0 Å². The maximum Gasteiger partial charge on any atom is 0.280 e. The molecule has 34 heavy (non-hydrogen) atoms. The number of fused-ring (bicyclic) bond motifs is 1. The second-order valence-corrected chi connectivity index (χ2v) is 14.8. The van der Waals surface area contributed by atoms with Gasteiger partial charge in [0.15, 0.2) is 25.7 Å². The largest absolute Gasteiger partial charge is 0.408 e. The summed E-state index contributed by atoms with van der Waals surface area (Å²) in [7, 11) is -2.25. The molecule has 3 heterocycles. The molecule has 2 aromatic heterocycles. The van der Waals surface area contributed by atoms with Gasteiger partial charge in [0.25, 0.3) is 5.56 Å². The molecule has 0 radical (unpaired) electrons. The Hall–Kier alpha value is -1.43. The minimum atomic E-state index is -2.25. The Kier molecular flexibility index (Phi) is 8.37. The molecule has 12 nitrogen and oxygen atoms in total. The van der Waals surface area contributed by atoms with E-state index in [4.69, 9.17) is 17.7 Å². The first kappa shape index (κ1) is 25.7. The monoisotopic (exact) mass is 612 g/mol. The number of ether oxygens (including phenoxy) is 1. The molecule has 3 rings (SSSR count). The number of anilines is 1. The van der Waals surface area contributed by atoms with Crippen LogP contribution >= 0.6 is 22.9 Å². The van der Waals surface area contributed by atoms with E-state index in [-0.39, 0.29) is 40.6 Å². The number of aliphatic hydroxyl groups excluding tert-OH is 1. The van der Waals surface area contributed by atoms with E-state index in [1.54, 1.807) is 18.4 Å². The Balaban J connectivity index is 0.00000106. The van der Waals surface area contributed by atoms with E-state index in [1.165, 1.54) is 29.2 Å². The number of nitrogens with zero attached hydrogens (tertiary/aromatic N) is 3. The average molecular weight is 613 g/mol. The zero-order valence-electron chi connectivity index (χ0n) is 22.5. The molecule has 0 aliphatic carbocycles. The first-order chi connectivity index (χ1) is 16.5. The van der Waals surface area contributed by atoms with Crippen LogP contribution in [-0.2, 0) is 14.0 Å². The normalized spacial score (nSPS) is 24.1. The number of carbonyl (C=O) groups is 1. The number of nitrogens with one attached hydrogen (secondary N) is 2. The van der Waals surface area contributed by atoms with Gasteiger partial charge in [0, 0.05) is 28.8 Å². The molecule has 2 aromatic rings. The van der Waals surface area contributed by atoms with Crippen LogP contribution < -0.4 is 20.5 Å². The topological polar surface area (TPSA) is 183 Å². The summed E-state index contributed by atoms with van der Waals surface area (Å²) < 4.78 is 26.8. The van der Waals surface area contributed by atoms with Crippen LogP contribution in [-0.4, -0.2) is 63.7 Å². The minimum Gasteiger partial charge on any atom is -0.408 e. The van der Waals surface area contributed by atoms with Crippen molar-refractivity contribution in [1.82, 2.24) is 19.5 Å². The predicted octanol–water partition coefficient (Wildman–Crippen LogP) is 1.62. The smallest absolute Gasteiger partial charge is 0.280 e. The van der Waals surface area contributed by atoms with Gasteiger partial charge in [0.1, 0.15) is 15.0 Å². The molecule has 0 saturated carbocycles. The molecule has 0 unspecified atom stereocenters. The SMILES string of the molecule is CC(C)C(=O)Nc1nc2c(ncn2[C@@H]2O[C@H](CO)[C@@H](N)[C@H]2O[Si](C)(C)C(C)(C)C)c(=O)[nH]1.[2H]N([3H])I. The highest BCUT2D eigenvalue weighted by atomic mass is 127. The molecule has 1 amide bonds. The molecule has 0 spiro atoms. The lowest BCUT2D eigenvalue weighted by molar-refractivity contribution is -0.118. The zero-order valence-corrected chi connectivity index (χ0v) is 23.7. The lowest BCUT2D eigenvalue weighted by Crippen LogP contribution is -2.51. The number of halogens is 1. The Morgan fingerprint density at radius 2 is 2.18 bits per heavy atom. The van der Waals surface area contributed by atoms with Crippen molar-refractivity contribution in [3.8, 4) is 0 Å². The Morgan fingerprint density at radius 3 is 2.71 bits per heavy atom. The van der Waals surface area contributed by atoms with Gasteiger partial charge in [-0.3, -0.25) is 28.4 Å². The number of hydrogen-bond donors (Lipinski definition) is 5. The fraction of sp³-hybridized carbons (Fsp3) is 0.700. The van der Waals surface area contributed by atoms with E-state index >= 15 is 0 Å². The molecule has 7 N–H and O–H groups in total. The average Bonchev–Trinajstić information content (AvgIpc) is 3.28. The summed E-state index contributed by atoms with van der Waals surface area (Å²) in [5.41, 5.74) is 6.26. The van der Waals surface area contributed by atoms with Crippen molar-refractivity contribution in [2.24, 2.45) is 15.6 Å². The van der Waals surface area contributed by atoms with Crippen LogP contribution in [0.15, 0.2) is 11.1 Å². The summed E-state index contributed by atoms with van der Waals surface area (Å²) in [6.07, 6.45) is -0.529. The van der Waals surface area contributed by atoms with Gasteiger partial charge in [-0.05, 0) is 18.1 Å². The number of H-pyrrole nitrogens is 1. The van der Waals surface area contributed by atoms with E-state index in [1.807, 2.05) is 0 Å². The Labute approximate surface area is 216 Å². The standard InChI is InChI=1S/C20H34N6O5Si.H2IN/c1-10(2)16(28)24-19-23-15-13(17(29)25-19)22-9-26(15)18-14(12(21)11(8-27)30-18)31-32(6,7)20(3,4)5;1-2/h9-12,14,18,27H,8,21H2,1-7H3,(H2,23,24,25,28,29);2H2/t11-,12-,14-,18-;/m1./s1/i/hTD. The maximum absolute atomic E-state index is 12.6. The summed E-state index contributed by atoms with van der Waals surface area (Å²) in [5, 5.41) is 12.3. The molecule has 1 aliphatic heterocycles. The van der Waals surface area contributed by atoms with Crippen LogP contribution in [0, 0.1) is 5.92 Å². The van der Waals surface area contributed by atoms with Crippen molar-refractivity contribution >= 4 is 54.2 Å². The van der Waals surface area contributed by atoms with Crippen LogP contribution in [0.5, 0.6) is 0 Å². The molecule has 4 atom stereocenters. The van der Waals surface area contributed by atoms with Gasteiger partial charge in [0.05, 0.1) is 19.0 Å². The third kappa shape index (κ3) is 5.85. The molecular formula is C20H36IN7O5Si. The van der Waals surface area contributed by atoms with Crippen molar-refractivity contribution in [2.45, 2.75) is 77.2 Å². The number of amides is 1. The third-order valence-corrected chi connectivity index (χ3v) is 10.8. The summed E-state index contributed by atoms with van der Waals surface area (Å²) >= 11 is 1.51. The van der Waals surface area contributed by atoms with Crippen molar-refractivity contribution < 1.29 is 21.9 Å². The molecule has 0 bridgehead atoms. The second-order valence-electron chi connectivity index (χ2n) is 10.1. The number of aromatic amines is 1. The number of rotatable bonds is 6. The molecule has 1 fully saturated rings. The number of aromatic nitrogens is 4.